The Balaban J connectivity index is 2.47. The zero-order valence-corrected chi connectivity index (χ0v) is 12.6. The first-order valence-electron chi connectivity index (χ1n) is 6.91. The summed E-state index contributed by atoms with van der Waals surface area (Å²) in [6, 6.07) is 10.2. The molecule has 0 bridgehead atoms. The van der Waals surface area contributed by atoms with Gasteiger partial charge in [0.2, 0.25) is 5.69 Å². The Bertz CT molecular complexity index is 667. The van der Waals surface area contributed by atoms with E-state index in [0.29, 0.717) is 0 Å². The van der Waals surface area contributed by atoms with E-state index in [-0.39, 0.29) is 0 Å². The van der Waals surface area contributed by atoms with Crippen molar-refractivity contribution >= 4 is 30.0 Å². The van der Waals surface area contributed by atoms with Crippen LogP contribution in [0.15, 0.2) is 49.7 Å². The Morgan fingerprint density at radius 2 is 1.71 bits per heavy atom. The van der Waals surface area contributed by atoms with Gasteiger partial charge in [-0.3, -0.25) is 0 Å². The minimum Gasteiger partial charge on any atom is -0.377 e. The molecule has 0 spiro atoms. The second-order valence-corrected chi connectivity index (χ2v) is 4.96. The molecule has 0 aliphatic heterocycles. The molecule has 0 amide bonds. The smallest absolute Gasteiger partial charge is 0.203 e. The second kappa shape index (κ2) is 6.71. The fourth-order valence-electron chi connectivity index (χ4n) is 2.31. The first kappa shape index (κ1) is 14.8. The highest BCUT2D eigenvalue weighted by Gasteiger charge is 2.08. The van der Waals surface area contributed by atoms with Gasteiger partial charge in [-0.05, 0) is 29.3 Å². The fraction of sp³-hybridized carbons (Fsp3) is 0.105. The SMILES string of the molecule is C=Cc1c(/C=C/c2cccc[nH+]2)ccc(N(C)C)c1C=C. The summed E-state index contributed by atoms with van der Waals surface area (Å²) in [6.45, 7) is 7.88. The van der Waals surface area contributed by atoms with Crippen molar-refractivity contribution in [3.8, 4) is 0 Å². The number of benzene rings is 1. The Labute approximate surface area is 126 Å². The number of H-pyrrole nitrogens is 1. The Morgan fingerprint density at radius 1 is 0.952 bits per heavy atom. The van der Waals surface area contributed by atoms with Crippen LogP contribution < -0.4 is 9.88 Å². The molecular weight excluding hydrogens is 256 g/mol. The molecular formula is C19H21N2+. The highest BCUT2D eigenvalue weighted by molar-refractivity contribution is 5.83. The molecule has 21 heavy (non-hydrogen) atoms. The lowest BCUT2D eigenvalue weighted by Gasteiger charge is -2.19. The predicted octanol–water partition coefficient (Wildman–Crippen LogP) is 4.02. The molecule has 2 rings (SSSR count). The van der Waals surface area contributed by atoms with Crippen molar-refractivity contribution in [1.29, 1.82) is 0 Å². The number of aromatic nitrogens is 1. The van der Waals surface area contributed by atoms with E-state index in [4.69, 9.17) is 0 Å². The van der Waals surface area contributed by atoms with Crippen molar-refractivity contribution in [2.75, 3.05) is 19.0 Å². The number of anilines is 1. The minimum absolute atomic E-state index is 1.06. The van der Waals surface area contributed by atoms with Crippen LogP contribution in [0.25, 0.3) is 24.3 Å². The van der Waals surface area contributed by atoms with Crippen molar-refractivity contribution < 1.29 is 4.98 Å². The van der Waals surface area contributed by atoms with Gasteiger partial charge >= 0.3 is 0 Å². The van der Waals surface area contributed by atoms with Crippen LogP contribution in [0.2, 0.25) is 0 Å². The van der Waals surface area contributed by atoms with Crippen molar-refractivity contribution in [1.82, 2.24) is 0 Å². The van der Waals surface area contributed by atoms with E-state index in [2.05, 4.69) is 47.3 Å². The van der Waals surface area contributed by atoms with Gasteiger partial charge < -0.3 is 4.90 Å². The first-order chi connectivity index (χ1) is 10.2. The summed E-state index contributed by atoms with van der Waals surface area (Å²) < 4.78 is 0. The third kappa shape index (κ3) is 3.29. The minimum atomic E-state index is 1.06. The molecule has 2 aromatic rings. The topological polar surface area (TPSA) is 17.4 Å². The Morgan fingerprint density at radius 3 is 2.29 bits per heavy atom. The number of pyridine rings is 1. The highest BCUT2D eigenvalue weighted by atomic mass is 15.1. The third-order valence-electron chi connectivity index (χ3n) is 3.36. The predicted molar refractivity (Wildman–Crippen MR) is 92.9 cm³/mol. The molecule has 0 saturated carbocycles. The molecule has 0 aliphatic rings. The molecule has 1 aromatic carbocycles. The molecule has 0 fully saturated rings. The van der Waals surface area contributed by atoms with Gasteiger partial charge in [0, 0.05) is 43.6 Å². The first-order valence-corrected chi connectivity index (χ1v) is 6.91. The zero-order valence-electron chi connectivity index (χ0n) is 12.6. The molecule has 106 valence electrons. The fourth-order valence-corrected chi connectivity index (χ4v) is 2.31. The summed E-state index contributed by atoms with van der Waals surface area (Å²) in [4.78, 5) is 5.28. The summed E-state index contributed by atoms with van der Waals surface area (Å²) in [5, 5.41) is 0. The van der Waals surface area contributed by atoms with E-state index in [0.717, 1.165) is 28.1 Å². The van der Waals surface area contributed by atoms with Gasteiger partial charge in [0.05, 0.1) is 0 Å². The molecule has 0 unspecified atom stereocenters. The van der Waals surface area contributed by atoms with Crippen LogP contribution in [-0.4, -0.2) is 14.1 Å². The van der Waals surface area contributed by atoms with E-state index < -0.39 is 0 Å². The third-order valence-corrected chi connectivity index (χ3v) is 3.36. The molecule has 2 nitrogen and oxygen atoms in total. The van der Waals surface area contributed by atoms with Crippen LogP contribution >= 0.6 is 0 Å². The van der Waals surface area contributed by atoms with Gasteiger partial charge in [0.15, 0.2) is 6.20 Å². The lowest BCUT2D eigenvalue weighted by atomic mass is 9.98. The normalized spacial score (nSPS) is 10.6. The average Bonchev–Trinajstić information content (AvgIpc) is 2.52. The molecule has 0 saturated heterocycles. The highest BCUT2D eigenvalue weighted by Crippen LogP contribution is 2.28. The number of nitrogens with zero attached hydrogens (tertiary/aromatic N) is 1. The number of hydrogen-bond donors (Lipinski definition) is 0. The summed E-state index contributed by atoms with van der Waals surface area (Å²) in [7, 11) is 4.06. The molecule has 1 N–H and O–H groups in total. The van der Waals surface area contributed by atoms with Crippen LogP contribution in [0.1, 0.15) is 22.4 Å². The molecule has 0 radical (unpaired) electrons. The summed E-state index contributed by atoms with van der Waals surface area (Å²) >= 11 is 0. The van der Waals surface area contributed by atoms with Crippen LogP contribution in [0.4, 0.5) is 5.69 Å². The maximum atomic E-state index is 3.95. The Kier molecular flexibility index (Phi) is 4.72. The quantitative estimate of drug-likeness (QED) is 0.807. The van der Waals surface area contributed by atoms with Crippen molar-refractivity contribution in [3.63, 3.8) is 0 Å². The monoisotopic (exact) mass is 277 g/mol. The second-order valence-electron chi connectivity index (χ2n) is 4.96. The standard InChI is InChI=1S/C19H20N2/c1-5-17-15(10-12-16-9-7-8-14-20-16)11-13-19(21(3)4)18(17)6-2/h5-14H,1-2H2,3-4H3/p+1/b12-10+. The lowest BCUT2D eigenvalue weighted by Crippen LogP contribution is -2.11. The summed E-state index contributed by atoms with van der Waals surface area (Å²) in [6.07, 6.45) is 9.84. The summed E-state index contributed by atoms with van der Waals surface area (Å²) in [5.41, 5.74) is 5.54. The van der Waals surface area contributed by atoms with Gasteiger partial charge in [-0.2, -0.15) is 0 Å². The maximum Gasteiger partial charge on any atom is 0.203 e. The van der Waals surface area contributed by atoms with Gasteiger partial charge in [0.1, 0.15) is 0 Å². The van der Waals surface area contributed by atoms with E-state index in [1.54, 1.807) is 0 Å². The van der Waals surface area contributed by atoms with Crippen LogP contribution in [0.3, 0.4) is 0 Å². The van der Waals surface area contributed by atoms with Crippen molar-refractivity contribution in [3.05, 3.63) is 72.1 Å². The van der Waals surface area contributed by atoms with E-state index in [9.17, 15) is 0 Å². The zero-order chi connectivity index (χ0) is 15.2. The number of nitrogens with one attached hydrogen (secondary N) is 1. The largest absolute Gasteiger partial charge is 0.377 e. The van der Waals surface area contributed by atoms with Crippen molar-refractivity contribution in [2.24, 2.45) is 0 Å². The van der Waals surface area contributed by atoms with Gasteiger partial charge in [-0.15, -0.1) is 0 Å². The molecule has 1 heterocycles. The van der Waals surface area contributed by atoms with Gasteiger partial charge in [-0.1, -0.05) is 31.4 Å². The molecule has 0 atom stereocenters. The molecule has 1 aromatic heterocycles. The van der Waals surface area contributed by atoms with Crippen molar-refractivity contribution in [2.45, 2.75) is 0 Å². The van der Waals surface area contributed by atoms with Crippen LogP contribution in [0.5, 0.6) is 0 Å². The summed E-state index contributed by atoms with van der Waals surface area (Å²) in [5.74, 6) is 0. The maximum absolute atomic E-state index is 3.95. The van der Waals surface area contributed by atoms with E-state index >= 15 is 0 Å². The van der Waals surface area contributed by atoms with E-state index in [1.165, 1.54) is 0 Å². The number of hydrogen-bond acceptors (Lipinski definition) is 1. The number of rotatable bonds is 5. The van der Waals surface area contributed by atoms with Gasteiger partial charge in [-0.25, -0.2) is 4.98 Å². The number of aromatic amines is 1. The van der Waals surface area contributed by atoms with Crippen LogP contribution in [0, 0.1) is 0 Å². The van der Waals surface area contributed by atoms with Gasteiger partial charge in [0.25, 0.3) is 0 Å². The molecule has 0 aliphatic carbocycles. The van der Waals surface area contributed by atoms with E-state index in [1.807, 2.05) is 50.6 Å². The molecule has 2 heteroatoms. The lowest BCUT2D eigenvalue weighted by molar-refractivity contribution is -0.380. The van der Waals surface area contributed by atoms with Crippen LogP contribution in [-0.2, 0) is 0 Å². The average molecular weight is 277 g/mol. The Hall–Kier alpha value is -2.61.